The van der Waals surface area contributed by atoms with E-state index >= 15 is 0 Å². The molecule has 1 atom stereocenters. The summed E-state index contributed by atoms with van der Waals surface area (Å²) in [6.45, 7) is 2.38. The maximum Gasteiger partial charge on any atom is 0.191 e. The van der Waals surface area contributed by atoms with Crippen LogP contribution in [0.2, 0.25) is 5.02 Å². The van der Waals surface area contributed by atoms with Crippen molar-refractivity contribution < 1.29 is 0 Å². The highest BCUT2D eigenvalue weighted by molar-refractivity contribution is 14.0. The molecule has 0 aliphatic carbocycles. The summed E-state index contributed by atoms with van der Waals surface area (Å²) in [6, 6.07) is 14.3. The van der Waals surface area contributed by atoms with Crippen LogP contribution in [0.4, 0.5) is 5.82 Å². The van der Waals surface area contributed by atoms with Crippen molar-refractivity contribution >= 4 is 58.7 Å². The highest BCUT2D eigenvalue weighted by Crippen LogP contribution is 2.26. The van der Waals surface area contributed by atoms with Gasteiger partial charge in [0.25, 0.3) is 0 Å². The van der Waals surface area contributed by atoms with Gasteiger partial charge in [0.2, 0.25) is 0 Å². The summed E-state index contributed by atoms with van der Waals surface area (Å²) in [5.41, 5.74) is 2.15. The first-order valence-corrected chi connectivity index (χ1v) is 10.8. The van der Waals surface area contributed by atoms with E-state index in [-0.39, 0.29) is 30.0 Å². The number of anilines is 1. The first-order valence-electron chi connectivity index (χ1n) is 9.55. The second-order valence-corrected chi connectivity index (χ2v) is 8.09. The van der Waals surface area contributed by atoms with Crippen molar-refractivity contribution in [3.63, 3.8) is 0 Å². The molecule has 1 saturated heterocycles. The molecule has 1 unspecified atom stereocenters. The van der Waals surface area contributed by atoms with E-state index in [1.165, 1.54) is 0 Å². The van der Waals surface area contributed by atoms with Gasteiger partial charge in [0.15, 0.2) is 5.96 Å². The molecule has 3 heterocycles. The van der Waals surface area contributed by atoms with Gasteiger partial charge >= 0.3 is 0 Å². The zero-order chi connectivity index (χ0) is 20.1. The van der Waals surface area contributed by atoms with E-state index in [9.17, 15) is 0 Å². The van der Waals surface area contributed by atoms with Crippen molar-refractivity contribution in [1.82, 2.24) is 20.6 Å². The largest absolute Gasteiger partial charge is 0.353 e. The fourth-order valence-corrected chi connectivity index (χ4v) is 4.41. The van der Waals surface area contributed by atoms with Crippen LogP contribution in [0.3, 0.4) is 0 Å². The standard InChI is InChI=1S/C21H23ClN6S.HI/c1-23-21(25-12-17-14-29-20(26-17)15-6-3-2-4-7-15)27-16-9-11-28(13-16)19-18(22)8-5-10-24-19;/h2-8,10,14,16H,9,11-13H2,1H3,(H2,23,25,27);1H. The average molecular weight is 555 g/mol. The van der Waals surface area contributed by atoms with Crippen LogP contribution >= 0.6 is 46.9 Å². The molecule has 158 valence electrons. The molecule has 0 saturated carbocycles. The number of nitrogens with zero attached hydrogens (tertiary/aromatic N) is 4. The molecule has 1 aromatic carbocycles. The number of hydrogen-bond acceptors (Lipinski definition) is 5. The maximum atomic E-state index is 6.28. The van der Waals surface area contributed by atoms with Crippen LogP contribution in [0.25, 0.3) is 10.6 Å². The molecule has 0 spiro atoms. The van der Waals surface area contributed by atoms with Gasteiger partial charge in [0, 0.05) is 43.3 Å². The Morgan fingerprint density at radius 3 is 2.87 bits per heavy atom. The molecule has 4 rings (SSSR count). The van der Waals surface area contributed by atoms with Crippen LogP contribution in [-0.4, -0.2) is 42.1 Å². The number of hydrogen-bond donors (Lipinski definition) is 2. The van der Waals surface area contributed by atoms with E-state index in [0.717, 1.165) is 47.6 Å². The minimum Gasteiger partial charge on any atom is -0.353 e. The van der Waals surface area contributed by atoms with E-state index < -0.39 is 0 Å². The van der Waals surface area contributed by atoms with Gasteiger partial charge < -0.3 is 15.5 Å². The van der Waals surface area contributed by atoms with E-state index in [2.05, 4.69) is 43.0 Å². The van der Waals surface area contributed by atoms with Crippen LogP contribution in [0.1, 0.15) is 12.1 Å². The summed E-state index contributed by atoms with van der Waals surface area (Å²) >= 11 is 7.94. The average Bonchev–Trinajstić information content (AvgIpc) is 3.42. The number of guanidine groups is 1. The molecule has 0 radical (unpaired) electrons. The SMILES string of the molecule is CN=C(NCc1csc(-c2ccccc2)n1)NC1CCN(c2ncccc2Cl)C1.I. The second kappa shape index (κ2) is 10.9. The number of nitrogens with one attached hydrogen (secondary N) is 2. The molecule has 6 nitrogen and oxygen atoms in total. The Balaban J connectivity index is 0.00000256. The molecular weight excluding hydrogens is 531 g/mol. The molecule has 1 aliphatic heterocycles. The summed E-state index contributed by atoms with van der Waals surface area (Å²) in [7, 11) is 1.79. The summed E-state index contributed by atoms with van der Waals surface area (Å²) in [6.07, 6.45) is 2.78. The third-order valence-electron chi connectivity index (χ3n) is 4.80. The molecule has 9 heteroatoms. The number of benzene rings is 1. The lowest BCUT2D eigenvalue weighted by molar-refractivity contribution is 0.647. The lowest BCUT2D eigenvalue weighted by Crippen LogP contribution is -2.44. The minimum absolute atomic E-state index is 0. The zero-order valence-corrected chi connectivity index (χ0v) is 20.5. The smallest absolute Gasteiger partial charge is 0.191 e. The van der Waals surface area contributed by atoms with Gasteiger partial charge in [-0.25, -0.2) is 9.97 Å². The molecule has 30 heavy (non-hydrogen) atoms. The van der Waals surface area contributed by atoms with Gasteiger partial charge in [-0.15, -0.1) is 35.3 Å². The monoisotopic (exact) mass is 554 g/mol. The topological polar surface area (TPSA) is 65.4 Å². The van der Waals surface area contributed by atoms with Gasteiger partial charge in [0.1, 0.15) is 10.8 Å². The molecular formula is C21H24ClIN6S. The molecule has 2 aromatic heterocycles. The highest BCUT2D eigenvalue weighted by Gasteiger charge is 2.25. The van der Waals surface area contributed by atoms with Crippen molar-refractivity contribution in [3.05, 3.63) is 64.8 Å². The summed E-state index contributed by atoms with van der Waals surface area (Å²) in [4.78, 5) is 15.7. The Hall–Kier alpha value is -1.91. The van der Waals surface area contributed by atoms with Gasteiger partial charge in [0.05, 0.1) is 17.3 Å². The van der Waals surface area contributed by atoms with Gasteiger partial charge in [-0.05, 0) is 18.6 Å². The van der Waals surface area contributed by atoms with E-state index in [1.807, 2.05) is 30.3 Å². The fourth-order valence-electron chi connectivity index (χ4n) is 3.34. The quantitative estimate of drug-likeness (QED) is 0.278. The number of thiazole rings is 1. The van der Waals surface area contributed by atoms with E-state index in [0.29, 0.717) is 11.6 Å². The van der Waals surface area contributed by atoms with Crippen LogP contribution in [-0.2, 0) is 6.54 Å². The Kier molecular flexibility index (Phi) is 8.29. The van der Waals surface area contributed by atoms with Crippen molar-refractivity contribution in [3.8, 4) is 10.6 Å². The molecule has 0 bridgehead atoms. The molecule has 1 aliphatic rings. The second-order valence-electron chi connectivity index (χ2n) is 6.82. The molecule has 2 N–H and O–H groups in total. The third kappa shape index (κ3) is 5.61. The van der Waals surface area contributed by atoms with Crippen LogP contribution in [0, 0.1) is 0 Å². The number of pyridine rings is 1. The van der Waals surface area contributed by atoms with Crippen molar-refractivity contribution in [2.24, 2.45) is 4.99 Å². The third-order valence-corrected chi connectivity index (χ3v) is 6.04. The van der Waals surface area contributed by atoms with Gasteiger partial charge in [-0.3, -0.25) is 4.99 Å². The molecule has 1 fully saturated rings. The van der Waals surface area contributed by atoms with E-state index in [1.54, 1.807) is 24.6 Å². The summed E-state index contributed by atoms with van der Waals surface area (Å²) in [5, 5.41) is 10.7. The highest BCUT2D eigenvalue weighted by atomic mass is 127. The Bertz CT molecular complexity index is 980. The number of rotatable bonds is 5. The number of halogens is 2. The van der Waals surface area contributed by atoms with Crippen LogP contribution in [0.15, 0.2) is 59.0 Å². The predicted molar refractivity (Wildman–Crippen MR) is 136 cm³/mol. The lowest BCUT2D eigenvalue weighted by atomic mass is 10.2. The van der Waals surface area contributed by atoms with Crippen LogP contribution < -0.4 is 15.5 Å². The Morgan fingerprint density at radius 2 is 2.10 bits per heavy atom. The van der Waals surface area contributed by atoms with Gasteiger partial charge in [-0.2, -0.15) is 0 Å². The minimum atomic E-state index is 0. The summed E-state index contributed by atoms with van der Waals surface area (Å²) in [5.74, 6) is 1.62. The molecule has 3 aromatic rings. The first-order chi connectivity index (χ1) is 14.2. The predicted octanol–water partition coefficient (Wildman–Crippen LogP) is 4.42. The normalized spacial score (nSPS) is 16.3. The summed E-state index contributed by atoms with van der Waals surface area (Å²) < 4.78 is 0. The van der Waals surface area contributed by atoms with Crippen molar-refractivity contribution in [1.29, 1.82) is 0 Å². The number of aliphatic imine (C=N–C) groups is 1. The Morgan fingerprint density at radius 1 is 1.27 bits per heavy atom. The maximum absolute atomic E-state index is 6.28. The number of aromatic nitrogens is 2. The lowest BCUT2D eigenvalue weighted by Gasteiger charge is -2.20. The van der Waals surface area contributed by atoms with E-state index in [4.69, 9.17) is 16.6 Å². The van der Waals surface area contributed by atoms with Crippen molar-refractivity contribution in [2.75, 3.05) is 25.0 Å². The molecule has 0 amide bonds. The first kappa shape index (κ1) is 22.8. The zero-order valence-electron chi connectivity index (χ0n) is 16.6. The fraction of sp³-hybridized carbons (Fsp3) is 0.286. The Labute approximate surface area is 202 Å². The van der Waals surface area contributed by atoms with Crippen LogP contribution in [0.5, 0.6) is 0 Å². The van der Waals surface area contributed by atoms with Gasteiger partial charge in [-0.1, -0.05) is 41.9 Å². The van der Waals surface area contributed by atoms with Crippen molar-refractivity contribution in [2.45, 2.75) is 19.0 Å².